The molecule has 0 aliphatic heterocycles. The van der Waals surface area contributed by atoms with Crippen LogP contribution in [0, 0.1) is 25.2 Å². The maximum Gasteiger partial charge on any atom is 0.266 e. The van der Waals surface area contributed by atoms with E-state index >= 15 is 0 Å². The number of nitrogens with zero attached hydrogens (tertiary/aromatic N) is 4. The van der Waals surface area contributed by atoms with Crippen LogP contribution in [-0.4, -0.2) is 27.8 Å². The van der Waals surface area contributed by atoms with Crippen LogP contribution in [0.5, 0.6) is 0 Å². The highest BCUT2D eigenvalue weighted by atomic mass is 32.2. The predicted octanol–water partition coefficient (Wildman–Crippen LogP) is 5.04. The summed E-state index contributed by atoms with van der Waals surface area (Å²) in [5.74, 6) is -0.0730. The van der Waals surface area contributed by atoms with Crippen LogP contribution in [0.1, 0.15) is 17.5 Å². The van der Waals surface area contributed by atoms with E-state index in [2.05, 4.69) is 6.07 Å². The number of para-hydroxylation sites is 2. The summed E-state index contributed by atoms with van der Waals surface area (Å²) in [4.78, 5) is 33.0. The summed E-state index contributed by atoms with van der Waals surface area (Å²) in [6.45, 7) is 4.32. The highest BCUT2D eigenvalue weighted by Crippen LogP contribution is 2.24. The van der Waals surface area contributed by atoms with Gasteiger partial charge in [-0.3, -0.25) is 14.2 Å². The van der Waals surface area contributed by atoms with Gasteiger partial charge in [0.05, 0.1) is 34.8 Å². The van der Waals surface area contributed by atoms with E-state index in [0.29, 0.717) is 28.3 Å². The third-order valence-corrected chi connectivity index (χ3v) is 6.56. The molecule has 0 atom stereocenters. The Bertz CT molecular complexity index is 1440. The van der Waals surface area contributed by atoms with Crippen molar-refractivity contribution >= 4 is 34.3 Å². The van der Waals surface area contributed by atoms with Crippen LogP contribution in [0.4, 0.5) is 5.69 Å². The van der Waals surface area contributed by atoms with Gasteiger partial charge in [-0.2, -0.15) is 5.26 Å². The zero-order chi connectivity index (χ0) is 24.1. The van der Waals surface area contributed by atoms with Crippen LogP contribution < -0.4 is 10.5 Å². The average molecular weight is 469 g/mol. The summed E-state index contributed by atoms with van der Waals surface area (Å²) >= 11 is 1.22. The van der Waals surface area contributed by atoms with Gasteiger partial charge in [-0.1, -0.05) is 48.2 Å². The van der Waals surface area contributed by atoms with E-state index in [-0.39, 0.29) is 23.6 Å². The number of carbonyl (C=O) groups is 1. The molecule has 34 heavy (non-hydrogen) atoms. The quantitative estimate of drug-likeness (QED) is 0.280. The zero-order valence-electron chi connectivity index (χ0n) is 19.1. The average Bonchev–Trinajstić information content (AvgIpc) is 2.85. The molecule has 1 amide bonds. The van der Waals surface area contributed by atoms with Crippen molar-refractivity contribution in [1.82, 2.24) is 9.55 Å². The fourth-order valence-electron chi connectivity index (χ4n) is 3.67. The van der Waals surface area contributed by atoms with Crippen molar-refractivity contribution in [3.05, 3.63) is 94.3 Å². The van der Waals surface area contributed by atoms with Gasteiger partial charge < -0.3 is 4.90 Å². The Balaban J connectivity index is 1.72. The lowest BCUT2D eigenvalue weighted by Gasteiger charge is -2.22. The lowest BCUT2D eigenvalue weighted by Crippen LogP contribution is -2.33. The minimum atomic E-state index is -0.173. The number of hydrogen-bond donors (Lipinski definition) is 0. The summed E-state index contributed by atoms with van der Waals surface area (Å²) < 4.78 is 1.58. The first-order valence-corrected chi connectivity index (χ1v) is 11.9. The number of benzene rings is 3. The Labute approximate surface area is 202 Å². The number of hydrogen-bond acceptors (Lipinski definition) is 5. The van der Waals surface area contributed by atoms with E-state index in [1.165, 1.54) is 11.8 Å². The van der Waals surface area contributed by atoms with E-state index in [1.54, 1.807) is 21.6 Å². The molecule has 0 aliphatic rings. The second-order valence-electron chi connectivity index (χ2n) is 7.90. The number of aromatic nitrogens is 2. The normalized spacial score (nSPS) is 10.7. The van der Waals surface area contributed by atoms with Crippen LogP contribution >= 0.6 is 11.8 Å². The molecule has 0 radical (unpaired) electrons. The maximum atomic E-state index is 13.5. The summed E-state index contributed by atoms with van der Waals surface area (Å²) in [5, 5.41) is 10.0. The highest BCUT2D eigenvalue weighted by Gasteiger charge is 2.19. The molecule has 3 aromatic carbocycles. The fourth-order valence-corrected chi connectivity index (χ4v) is 4.56. The van der Waals surface area contributed by atoms with E-state index < -0.39 is 0 Å². The first kappa shape index (κ1) is 23.3. The minimum Gasteiger partial charge on any atom is -0.311 e. The van der Waals surface area contributed by atoms with E-state index in [0.717, 1.165) is 16.8 Å². The smallest absolute Gasteiger partial charge is 0.266 e. The molecule has 0 unspecified atom stereocenters. The van der Waals surface area contributed by atoms with Gasteiger partial charge in [0.2, 0.25) is 5.91 Å². The first-order valence-electron chi connectivity index (χ1n) is 10.9. The molecule has 0 saturated carbocycles. The molecular weight excluding hydrogens is 444 g/mol. The number of amides is 1. The number of carbonyl (C=O) groups excluding carboxylic acids is 1. The van der Waals surface area contributed by atoms with Gasteiger partial charge in [0.25, 0.3) is 5.56 Å². The van der Waals surface area contributed by atoms with Gasteiger partial charge >= 0.3 is 0 Å². The van der Waals surface area contributed by atoms with Crippen molar-refractivity contribution < 1.29 is 4.79 Å². The molecule has 7 heteroatoms. The molecule has 6 nitrogen and oxygen atoms in total. The standard InChI is InChI=1S/C27H24N4O2S/c1-19-13-14-22(17-20(19)2)31-26(33)23-11-6-7-12-24(23)29-27(31)34-18-25(32)30(16-8-15-28)21-9-4-3-5-10-21/h3-7,9-14,17H,8,16,18H2,1-2H3. The third-order valence-electron chi connectivity index (χ3n) is 5.63. The number of thioether (sulfide) groups is 1. The van der Waals surface area contributed by atoms with Gasteiger partial charge in [0.15, 0.2) is 5.16 Å². The van der Waals surface area contributed by atoms with Crippen molar-refractivity contribution in [2.24, 2.45) is 0 Å². The lowest BCUT2D eigenvalue weighted by atomic mass is 10.1. The molecule has 0 saturated heterocycles. The number of rotatable bonds is 7. The molecule has 4 rings (SSSR count). The molecule has 0 aliphatic carbocycles. The molecule has 0 N–H and O–H groups in total. The zero-order valence-corrected chi connectivity index (χ0v) is 19.9. The van der Waals surface area contributed by atoms with Crippen molar-refractivity contribution in [3.63, 3.8) is 0 Å². The number of fused-ring (bicyclic) bond motifs is 1. The Morgan fingerprint density at radius 1 is 1.03 bits per heavy atom. The van der Waals surface area contributed by atoms with Crippen molar-refractivity contribution in [2.45, 2.75) is 25.4 Å². The Morgan fingerprint density at radius 2 is 1.76 bits per heavy atom. The van der Waals surface area contributed by atoms with Crippen molar-refractivity contribution in [1.29, 1.82) is 5.26 Å². The van der Waals surface area contributed by atoms with Crippen molar-refractivity contribution in [2.75, 3.05) is 17.2 Å². The second kappa shape index (κ2) is 10.4. The predicted molar refractivity (Wildman–Crippen MR) is 137 cm³/mol. The Morgan fingerprint density at radius 3 is 2.50 bits per heavy atom. The summed E-state index contributed by atoms with van der Waals surface area (Å²) in [6, 6.07) is 24.5. The molecule has 0 spiro atoms. The molecule has 4 aromatic rings. The van der Waals surface area contributed by atoms with Crippen LogP contribution in [-0.2, 0) is 4.79 Å². The van der Waals surface area contributed by atoms with E-state index in [4.69, 9.17) is 10.2 Å². The molecule has 1 heterocycles. The highest BCUT2D eigenvalue weighted by molar-refractivity contribution is 7.99. The van der Waals surface area contributed by atoms with Crippen LogP contribution in [0.25, 0.3) is 16.6 Å². The van der Waals surface area contributed by atoms with Gasteiger partial charge in [-0.15, -0.1) is 0 Å². The van der Waals surface area contributed by atoms with E-state index in [9.17, 15) is 9.59 Å². The maximum absolute atomic E-state index is 13.5. The molecule has 1 aromatic heterocycles. The minimum absolute atomic E-state index is 0.0793. The van der Waals surface area contributed by atoms with Gasteiger partial charge in [-0.25, -0.2) is 4.98 Å². The van der Waals surface area contributed by atoms with Gasteiger partial charge in [0.1, 0.15) is 0 Å². The molecule has 0 fully saturated rings. The largest absolute Gasteiger partial charge is 0.311 e. The third kappa shape index (κ3) is 4.87. The summed E-state index contributed by atoms with van der Waals surface area (Å²) in [7, 11) is 0. The van der Waals surface area contributed by atoms with Crippen LogP contribution in [0.15, 0.2) is 82.7 Å². The monoisotopic (exact) mass is 468 g/mol. The molecular formula is C27H24N4O2S. The van der Waals surface area contributed by atoms with Gasteiger partial charge in [-0.05, 0) is 61.4 Å². The summed E-state index contributed by atoms with van der Waals surface area (Å²) in [6.07, 6.45) is 0.229. The fraction of sp³-hybridized carbons (Fsp3) is 0.185. The number of aryl methyl sites for hydroxylation is 2. The Kier molecular flexibility index (Phi) is 7.09. The first-order chi connectivity index (χ1) is 16.5. The SMILES string of the molecule is Cc1ccc(-n2c(SCC(=O)N(CCC#N)c3ccccc3)nc3ccccc3c2=O)cc1C. The van der Waals surface area contributed by atoms with Crippen LogP contribution in [0.2, 0.25) is 0 Å². The van der Waals surface area contributed by atoms with E-state index in [1.807, 2.05) is 74.5 Å². The lowest BCUT2D eigenvalue weighted by molar-refractivity contribution is -0.116. The number of nitriles is 1. The molecule has 0 bridgehead atoms. The van der Waals surface area contributed by atoms with Crippen molar-refractivity contribution in [3.8, 4) is 11.8 Å². The van der Waals surface area contributed by atoms with Crippen LogP contribution in [0.3, 0.4) is 0 Å². The van der Waals surface area contributed by atoms with Gasteiger partial charge in [0, 0.05) is 12.2 Å². The Hall–Kier alpha value is -3.89. The summed E-state index contributed by atoms with van der Waals surface area (Å²) in [5.41, 5.74) is 4.06. The second-order valence-corrected chi connectivity index (χ2v) is 8.84. The molecule has 170 valence electrons. The topological polar surface area (TPSA) is 79.0 Å². The number of anilines is 1.